The summed E-state index contributed by atoms with van der Waals surface area (Å²) in [6.07, 6.45) is -3.51. The highest BCUT2D eigenvalue weighted by molar-refractivity contribution is 5.94. The van der Waals surface area contributed by atoms with Crippen LogP contribution in [0.15, 0.2) is 78.9 Å². The molecule has 32 heavy (non-hydrogen) atoms. The van der Waals surface area contributed by atoms with E-state index in [4.69, 9.17) is 0 Å². The average Bonchev–Trinajstić information content (AvgIpc) is 2.79. The lowest BCUT2D eigenvalue weighted by atomic mass is 9.98. The van der Waals surface area contributed by atoms with Crippen LogP contribution < -0.4 is 4.90 Å². The second-order valence-corrected chi connectivity index (χ2v) is 7.98. The predicted octanol–water partition coefficient (Wildman–Crippen LogP) is 7.82. The first kappa shape index (κ1) is 21.9. The SMILES string of the molecule is CCC(c1ccc(-c2cccc(C(F)(F)F)c2)nc1C)N(C)c1cccc2ccccc12. The van der Waals surface area contributed by atoms with Gasteiger partial charge in [-0.15, -0.1) is 0 Å². The molecule has 0 saturated carbocycles. The zero-order valence-electron chi connectivity index (χ0n) is 18.3. The molecule has 0 spiro atoms. The summed E-state index contributed by atoms with van der Waals surface area (Å²) in [5.74, 6) is 0. The summed E-state index contributed by atoms with van der Waals surface area (Å²) in [5, 5.41) is 2.36. The van der Waals surface area contributed by atoms with Crippen molar-refractivity contribution in [3.63, 3.8) is 0 Å². The maximum atomic E-state index is 13.1. The van der Waals surface area contributed by atoms with E-state index in [9.17, 15) is 13.2 Å². The number of rotatable bonds is 5. The third-order valence-corrected chi connectivity index (χ3v) is 5.97. The number of nitrogens with zero attached hydrogens (tertiary/aromatic N) is 2. The normalized spacial score (nSPS) is 12.7. The van der Waals surface area contributed by atoms with E-state index in [0.29, 0.717) is 11.3 Å². The Labute approximate surface area is 186 Å². The fourth-order valence-electron chi connectivity index (χ4n) is 4.33. The summed E-state index contributed by atoms with van der Waals surface area (Å²) in [6.45, 7) is 4.05. The molecule has 3 aromatic carbocycles. The molecular formula is C27H25F3N2. The Morgan fingerprint density at radius 3 is 2.34 bits per heavy atom. The van der Waals surface area contributed by atoms with E-state index in [-0.39, 0.29) is 6.04 Å². The molecule has 1 unspecified atom stereocenters. The fourth-order valence-corrected chi connectivity index (χ4v) is 4.33. The molecule has 5 heteroatoms. The second kappa shape index (κ2) is 8.65. The van der Waals surface area contributed by atoms with Crippen LogP contribution in [0.4, 0.5) is 18.9 Å². The van der Waals surface area contributed by atoms with Crippen molar-refractivity contribution in [2.75, 3.05) is 11.9 Å². The number of aryl methyl sites for hydroxylation is 1. The fraction of sp³-hybridized carbons (Fsp3) is 0.222. The van der Waals surface area contributed by atoms with Gasteiger partial charge in [0.15, 0.2) is 0 Å². The van der Waals surface area contributed by atoms with Gasteiger partial charge in [-0.05, 0) is 48.6 Å². The maximum absolute atomic E-state index is 13.1. The molecule has 4 aromatic rings. The minimum absolute atomic E-state index is 0.0869. The highest BCUT2D eigenvalue weighted by Gasteiger charge is 2.30. The summed E-state index contributed by atoms with van der Waals surface area (Å²) >= 11 is 0. The van der Waals surface area contributed by atoms with Crippen LogP contribution in [-0.2, 0) is 6.18 Å². The third-order valence-electron chi connectivity index (χ3n) is 5.97. The molecule has 0 bridgehead atoms. The minimum atomic E-state index is -4.38. The van der Waals surface area contributed by atoms with Crippen molar-refractivity contribution < 1.29 is 13.2 Å². The summed E-state index contributed by atoms with van der Waals surface area (Å²) in [4.78, 5) is 6.94. The third kappa shape index (κ3) is 4.20. The monoisotopic (exact) mass is 434 g/mol. The Hall–Kier alpha value is -3.34. The van der Waals surface area contributed by atoms with Crippen molar-refractivity contribution in [3.8, 4) is 11.3 Å². The molecule has 0 aliphatic carbocycles. The minimum Gasteiger partial charge on any atom is -0.367 e. The van der Waals surface area contributed by atoms with Crippen LogP contribution in [0.2, 0.25) is 0 Å². The first-order valence-corrected chi connectivity index (χ1v) is 10.7. The van der Waals surface area contributed by atoms with E-state index in [2.05, 4.69) is 54.2 Å². The molecule has 1 aromatic heterocycles. The molecule has 0 amide bonds. The van der Waals surface area contributed by atoms with Crippen molar-refractivity contribution in [1.82, 2.24) is 4.98 Å². The second-order valence-electron chi connectivity index (χ2n) is 7.98. The molecular weight excluding hydrogens is 409 g/mol. The van der Waals surface area contributed by atoms with Gasteiger partial charge in [0, 0.05) is 29.4 Å². The van der Waals surface area contributed by atoms with E-state index < -0.39 is 11.7 Å². The van der Waals surface area contributed by atoms with Crippen LogP contribution in [-0.4, -0.2) is 12.0 Å². The zero-order valence-corrected chi connectivity index (χ0v) is 18.3. The van der Waals surface area contributed by atoms with E-state index in [1.54, 1.807) is 6.07 Å². The van der Waals surface area contributed by atoms with E-state index in [1.165, 1.54) is 16.8 Å². The van der Waals surface area contributed by atoms with Crippen LogP contribution in [0, 0.1) is 6.92 Å². The van der Waals surface area contributed by atoms with Crippen LogP contribution >= 0.6 is 0 Å². The van der Waals surface area contributed by atoms with Gasteiger partial charge in [0.1, 0.15) is 0 Å². The van der Waals surface area contributed by atoms with Gasteiger partial charge in [0.2, 0.25) is 0 Å². The molecule has 0 aliphatic rings. The first-order valence-electron chi connectivity index (χ1n) is 10.7. The topological polar surface area (TPSA) is 16.1 Å². The van der Waals surface area contributed by atoms with Gasteiger partial charge in [0.05, 0.1) is 17.3 Å². The molecule has 0 N–H and O–H groups in total. The number of hydrogen-bond acceptors (Lipinski definition) is 2. The Balaban J connectivity index is 1.70. The van der Waals surface area contributed by atoms with Crippen molar-refractivity contribution in [2.24, 2.45) is 0 Å². The molecule has 0 saturated heterocycles. The first-order chi connectivity index (χ1) is 15.3. The standard InChI is InChI=1S/C27H25F3N2/c1-4-25(32(3)26-14-8-10-19-9-5-6-13-23(19)26)22-15-16-24(31-18(22)2)20-11-7-12-21(17-20)27(28,29)30/h5-17,25H,4H2,1-3H3. The lowest BCUT2D eigenvalue weighted by Gasteiger charge is -2.31. The average molecular weight is 435 g/mol. The largest absolute Gasteiger partial charge is 0.416 e. The number of pyridine rings is 1. The Morgan fingerprint density at radius 1 is 0.906 bits per heavy atom. The number of anilines is 1. The highest BCUT2D eigenvalue weighted by Crippen LogP contribution is 2.36. The molecule has 0 aliphatic heterocycles. The number of alkyl halides is 3. The van der Waals surface area contributed by atoms with Crippen molar-refractivity contribution in [3.05, 3.63) is 95.7 Å². The van der Waals surface area contributed by atoms with Gasteiger partial charge in [0.25, 0.3) is 0 Å². The smallest absolute Gasteiger partial charge is 0.367 e. The van der Waals surface area contributed by atoms with Gasteiger partial charge < -0.3 is 4.90 Å². The molecule has 164 valence electrons. The summed E-state index contributed by atoms with van der Waals surface area (Å²) in [7, 11) is 2.08. The molecule has 2 nitrogen and oxygen atoms in total. The lowest BCUT2D eigenvalue weighted by Crippen LogP contribution is -2.24. The van der Waals surface area contributed by atoms with Gasteiger partial charge >= 0.3 is 6.18 Å². The van der Waals surface area contributed by atoms with E-state index in [0.717, 1.165) is 35.5 Å². The molecule has 4 rings (SSSR count). The Bertz CT molecular complexity index is 1240. The van der Waals surface area contributed by atoms with Gasteiger partial charge in [-0.25, -0.2) is 0 Å². The number of fused-ring (bicyclic) bond motifs is 1. The lowest BCUT2D eigenvalue weighted by molar-refractivity contribution is -0.137. The van der Waals surface area contributed by atoms with Crippen LogP contribution in [0.5, 0.6) is 0 Å². The highest BCUT2D eigenvalue weighted by atomic mass is 19.4. The number of benzene rings is 3. The summed E-state index contributed by atoms with van der Waals surface area (Å²) in [6, 6.07) is 23.8. The molecule has 1 atom stereocenters. The van der Waals surface area contributed by atoms with Crippen LogP contribution in [0.1, 0.15) is 36.2 Å². The van der Waals surface area contributed by atoms with Gasteiger partial charge in [-0.3, -0.25) is 4.98 Å². The van der Waals surface area contributed by atoms with Crippen LogP contribution in [0.3, 0.4) is 0 Å². The number of halogens is 3. The number of aromatic nitrogens is 1. The van der Waals surface area contributed by atoms with Crippen molar-refractivity contribution in [2.45, 2.75) is 32.5 Å². The molecule has 1 heterocycles. The zero-order chi connectivity index (χ0) is 22.9. The van der Waals surface area contributed by atoms with Crippen molar-refractivity contribution in [1.29, 1.82) is 0 Å². The molecule has 0 radical (unpaired) electrons. The van der Waals surface area contributed by atoms with Gasteiger partial charge in [-0.1, -0.05) is 61.5 Å². The maximum Gasteiger partial charge on any atom is 0.416 e. The Morgan fingerprint density at radius 2 is 1.62 bits per heavy atom. The van der Waals surface area contributed by atoms with Crippen molar-refractivity contribution >= 4 is 16.5 Å². The quantitative estimate of drug-likeness (QED) is 0.318. The Kier molecular flexibility index (Phi) is 5.92. The van der Waals surface area contributed by atoms with E-state index >= 15 is 0 Å². The number of hydrogen-bond donors (Lipinski definition) is 0. The van der Waals surface area contributed by atoms with Gasteiger partial charge in [-0.2, -0.15) is 13.2 Å². The predicted molar refractivity (Wildman–Crippen MR) is 125 cm³/mol. The summed E-state index contributed by atoms with van der Waals surface area (Å²) < 4.78 is 39.3. The van der Waals surface area contributed by atoms with E-state index in [1.807, 2.05) is 31.2 Å². The van der Waals surface area contributed by atoms with Crippen LogP contribution in [0.25, 0.3) is 22.0 Å². The summed E-state index contributed by atoms with van der Waals surface area (Å²) in [5.41, 5.74) is 3.36. The molecule has 0 fully saturated rings.